The van der Waals surface area contributed by atoms with Gasteiger partial charge >= 0.3 is 0 Å². The molecule has 150 valence electrons. The van der Waals surface area contributed by atoms with Crippen molar-refractivity contribution in [3.8, 4) is 17.0 Å². The zero-order chi connectivity index (χ0) is 20.4. The van der Waals surface area contributed by atoms with Crippen LogP contribution in [0.2, 0.25) is 0 Å². The summed E-state index contributed by atoms with van der Waals surface area (Å²) in [5.41, 5.74) is 2.92. The molecule has 1 saturated heterocycles. The molecule has 5 nitrogen and oxygen atoms in total. The van der Waals surface area contributed by atoms with Crippen LogP contribution >= 0.6 is 0 Å². The quantitative estimate of drug-likeness (QED) is 0.711. The number of carbonyl (C=O) groups is 1. The molecule has 2 heterocycles. The van der Waals surface area contributed by atoms with E-state index in [1.807, 2.05) is 6.07 Å². The fourth-order valence-corrected chi connectivity index (χ4v) is 3.71. The van der Waals surface area contributed by atoms with Gasteiger partial charge in [0.2, 0.25) is 0 Å². The lowest BCUT2D eigenvalue weighted by Crippen LogP contribution is -2.39. The van der Waals surface area contributed by atoms with Crippen LogP contribution in [0.25, 0.3) is 11.3 Å². The van der Waals surface area contributed by atoms with Crippen LogP contribution in [0, 0.1) is 11.6 Å². The van der Waals surface area contributed by atoms with Gasteiger partial charge in [0.25, 0.3) is 5.91 Å². The second kappa shape index (κ2) is 8.03. The van der Waals surface area contributed by atoms with Crippen LogP contribution in [0.3, 0.4) is 0 Å². The Labute approximate surface area is 167 Å². The summed E-state index contributed by atoms with van der Waals surface area (Å²) in [5.74, 6) is -0.750. The number of likely N-dealkylation sites (tertiary alicyclic amines) is 1. The third-order valence-electron chi connectivity index (χ3n) is 5.28. The molecule has 1 N–H and O–H groups in total. The van der Waals surface area contributed by atoms with Gasteiger partial charge in [0.1, 0.15) is 5.82 Å². The van der Waals surface area contributed by atoms with Crippen LogP contribution in [0.15, 0.2) is 48.5 Å². The van der Waals surface area contributed by atoms with Gasteiger partial charge in [-0.05, 0) is 61.4 Å². The normalized spacial score (nSPS) is 16.7. The summed E-state index contributed by atoms with van der Waals surface area (Å²) < 4.78 is 31.8. The number of carbonyl (C=O) groups excluding carboxylic acids is 1. The monoisotopic (exact) mass is 397 g/mol. The molecule has 1 fully saturated rings. The van der Waals surface area contributed by atoms with Crippen LogP contribution in [-0.2, 0) is 0 Å². The summed E-state index contributed by atoms with van der Waals surface area (Å²) in [7, 11) is 1.38. The third-order valence-corrected chi connectivity index (χ3v) is 5.28. The van der Waals surface area contributed by atoms with E-state index in [0.29, 0.717) is 18.7 Å². The van der Waals surface area contributed by atoms with Crippen molar-refractivity contribution in [3.05, 3.63) is 71.4 Å². The molecule has 7 heteroatoms. The van der Waals surface area contributed by atoms with Gasteiger partial charge in [0.05, 0.1) is 12.8 Å². The number of amides is 1. The highest BCUT2D eigenvalue weighted by Crippen LogP contribution is 2.30. The minimum absolute atomic E-state index is 0.0573. The summed E-state index contributed by atoms with van der Waals surface area (Å²) >= 11 is 0. The van der Waals surface area contributed by atoms with Crippen LogP contribution < -0.4 is 4.74 Å². The Hall–Kier alpha value is -3.22. The van der Waals surface area contributed by atoms with E-state index >= 15 is 0 Å². The Bertz CT molecular complexity index is 1020. The largest absolute Gasteiger partial charge is 0.494 e. The number of hydrogen-bond acceptors (Lipinski definition) is 3. The number of halogens is 2. The summed E-state index contributed by atoms with van der Waals surface area (Å²) in [6.45, 7) is 1.19. The van der Waals surface area contributed by atoms with E-state index in [1.165, 1.54) is 37.4 Å². The predicted octanol–water partition coefficient (Wildman–Crippen LogP) is 4.38. The number of nitrogens with one attached hydrogen (secondary N) is 1. The fraction of sp³-hybridized carbons (Fsp3) is 0.273. The molecule has 1 aliphatic heterocycles. The standard InChI is InChI=1S/C22H21F2N3O2/c1-29-21-11-15(6-9-18(21)24)22(28)27-10-2-3-16(13-27)20-12-19(25-26-20)14-4-7-17(23)8-5-14/h4-9,11-12,16H,2-3,10,13H2,1H3,(H,25,26)/t16-/m0/s1. The Balaban J connectivity index is 1.50. The van der Waals surface area contributed by atoms with E-state index < -0.39 is 5.82 Å². The molecule has 1 aromatic heterocycles. The van der Waals surface area contributed by atoms with Gasteiger partial charge in [-0.25, -0.2) is 8.78 Å². The Morgan fingerprint density at radius 2 is 1.97 bits per heavy atom. The lowest BCUT2D eigenvalue weighted by atomic mass is 9.93. The summed E-state index contributed by atoms with van der Waals surface area (Å²) in [4.78, 5) is 14.7. The molecule has 0 radical (unpaired) electrons. The van der Waals surface area contributed by atoms with Crippen LogP contribution in [0.5, 0.6) is 5.75 Å². The zero-order valence-corrected chi connectivity index (χ0v) is 16.0. The molecule has 29 heavy (non-hydrogen) atoms. The molecule has 0 spiro atoms. The second-order valence-corrected chi connectivity index (χ2v) is 7.16. The van der Waals surface area contributed by atoms with E-state index in [9.17, 15) is 13.6 Å². The molecule has 0 aliphatic carbocycles. The number of ether oxygens (including phenoxy) is 1. The maximum atomic E-state index is 13.6. The minimum Gasteiger partial charge on any atom is -0.494 e. The van der Waals surface area contributed by atoms with E-state index in [0.717, 1.165) is 29.8 Å². The van der Waals surface area contributed by atoms with Crippen molar-refractivity contribution >= 4 is 5.91 Å². The Morgan fingerprint density at radius 3 is 2.72 bits per heavy atom. The van der Waals surface area contributed by atoms with Crippen LogP contribution in [0.1, 0.15) is 34.8 Å². The first-order chi connectivity index (χ1) is 14.0. The topological polar surface area (TPSA) is 58.2 Å². The van der Waals surface area contributed by atoms with E-state index in [2.05, 4.69) is 10.2 Å². The molecular weight excluding hydrogens is 376 g/mol. The Morgan fingerprint density at radius 1 is 1.17 bits per heavy atom. The predicted molar refractivity (Wildman–Crippen MR) is 105 cm³/mol. The highest BCUT2D eigenvalue weighted by molar-refractivity contribution is 5.94. The lowest BCUT2D eigenvalue weighted by molar-refractivity contribution is 0.0705. The second-order valence-electron chi connectivity index (χ2n) is 7.16. The molecule has 1 aliphatic rings. The summed E-state index contributed by atoms with van der Waals surface area (Å²) in [6.07, 6.45) is 1.79. The molecule has 3 aromatic rings. The summed E-state index contributed by atoms with van der Waals surface area (Å²) in [6, 6.07) is 12.3. The van der Waals surface area contributed by atoms with Crippen molar-refractivity contribution in [1.29, 1.82) is 0 Å². The molecule has 1 atom stereocenters. The SMILES string of the molecule is COc1cc(C(=O)N2CCC[C@H](c3cc(-c4ccc(F)cc4)n[nH]3)C2)ccc1F. The maximum Gasteiger partial charge on any atom is 0.254 e. The summed E-state index contributed by atoms with van der Waals surface area (Å²) in [5, 5.41) is 7.40. The molecule has 0 bridgehead atoms. The van der Waals surface area contributed by atoms with Crippen molar-refractivity contribution in [2.75, 3.05) is 20.2 Å². The minimum atomic E-state index is -0.494. The van der Waals surface area contributed by atoms with Crippen molar-refractivity contribution in [2.24, 2.45) is 0 Å². The molecule has 2 aromatic carbocycles. The number of hydrogen-bond donors (Lipinski definition) is 1. The number of aromatic amines is 1. The number of benzene rings is 2. The molecule has 0 unspecified atom stereocenters. The number of aromatic nitrogens is 2. The average molecular weight is 397 g/mol. The molecule has 4 rings (SSSR count). The first-order valence-electron chi connectivity index (χ1n) is 9.49. The fourth-order valence-electron chi connectivity index (χ4n) is 3.71. The number of H-pyrrole nitrogens is 1. The Kier molecular flexibility index (Phi) is 5.29. The number of nitrogens with zero attached hydrogens (tertiary/aromatic N) is 2. The van der Waals surface area contributed by atoms with Crippen LogP contribution in [0.4, 0.5) is 8.78 Å². The number of rotatable bonds is 4. The molecule has 0 saturated carbocycles. The van der Waals surface area contributed by atoms with E-state index in [1.54, 1.807) is 17.0 Å². The first-order valence-corrected chi connectivity index (χ1v) is 9.49. The van der Waals surface area contributed by atoms with Crippen molar-refractivity contribution in [3.63, 3.8) is 0 Å². The number of piperidine rings is 1. The van der Waals surface area contributed by atoms with Gasteiger partial charge in [-0.1, -0.05) is 0 Å². The lowest BCUT2D eigenvalue weighted by Gasteiger charge is -2.32. The first kappa shape index (κ1) is 19.1. The van der Waals surface area contributed by atoms with Gasteiger partial charge in [-0.2, -0.15) is 5.10 Å². The van der Waals surface area contributed by atoms with Crippen molar-refractivity contribution in [1.82, 2.24) is 15.1 Å². The maximum absolute atomic E-state index is 13.6. The van der Waals surface area contributed by atoms with Crippen molar-refractivity contribution < 1.29 is 18.3 Å². The molecular formula is C22H21F2N3O2. The highest BCUT2D eigenvalue weighted by atomic mass is 19.1. The van der Waals surface area contributed by atoms with Gasteiger partial charge in [-0.15, -0.1) is 0 Å². The van der Waals surface area contributed by atoms with E-state index in [-0.39, 0.29) is 23.4 Å². The van der Waals surface area contributed by atoms with E-state index in [4.69, 9.17) is 4.74 Å². The van der Waals surface area contributed by atoms with Gasteiger partial charge in [0.15, 0.2) is 11.6 Å². The number of methoxy groups -OCH3 is 1. The highest BCUT2D eigenvalue weighted by Gasteiger charge is 2.27. The molecule has 1 amide bonds. The van der Waals surface area contributed by atoms with Gasteiger partial charge < -0.3 is 9.64 Å². The third kappa shape index (κ3) is 3.99. The average Bonchev–Trinajstić information content (AvgIpc) is 3.24. The van der Waals surface area contributed by atoms with Crippen molar-refractivity contribution in [2.45, 2.75) is 18.8 Å². The zero-order valence-electron chi connectivity index (χ0n) is 16.0. The smallest absolute Gasteiger partial charge is 0.254 e. The van der Waals surface area contributed by atoms with Gasteiger partial charge in [0, 0.05) is 35.8 Å². The van der Waals surface area contributed by atoms with Gasteiger partial charge in [-0.3, -0.25) is 9.89 Å². The van der Waals surface area contributed by atoms with Crippen LogP contribution in [-0.4, -0.2) is 41.2 Å².